The minimum absolute atomic E-state index is 0.323. The minimum Gasteiger partial charge on any atom is -0.393 e. The van der Waals surface area contributed by atoms with Gasteiger partial charge < -0.3 is 5.11 Å². The van der Waals surface area contributed by atoms with Crippen LogP contribution in [-0.2, 0) is 14.7 Å². The minimum atomic E-state index is -3.16. The van der Waals surface area contributed by atoms with Crippen molar-refractivity contribution in [1.82, 2.24) is 5.06 Å². The van der Waals surface area contributed by atoms with E-state index in [0.717, 1.165) is 6.26 Å². The van der Waals surface area contributed by atoms with Crippen LogP contribution >= 0.6 is 0 Å². The van der Waals surface area contributed by atoms with Crippen LogP contribution < -0.4 is 0 Å². The first kappa shape index (κ1) is 14.9. The Kier molecular flexibility index (Phi) is 3.94. The van der Waals surface area contributed by atoms with Crippen molar-refractivity contribution < 1.29 is 18.4 Å². The first-order valence-electron chi connectivity index (χ1n) is 5.73. The first-order valence-corrected chi connectivity index (χ1v) is 7.79. The summed E-state index contributed by atoms with van der Waals surface area (Å²) in [6.07, 6.45) is 1.91. The standard InChI is InChI=1S/C11H23NO4S/c1-10(2)6-9(13)7-11(3,4)12(10)16-8-17(5,14)15/h9,13H,6-8H2,1-5H3. The summed E-state index contributed by atoms with van der Waals surface area (Å²) in [7, 11) is -3.16. The molecule has 102 valence electrons. The molecule has 1 N–H and O–H groups in total. The smallest absolute Gasteiger partial charge is 0.173 e. The fourth-order valence-electron chi connectivity index (χ4n) is 2.71. The van der Waals surface area contributed by atoms with E-state index in [1.54, 1.807) is 5.06 Å². The Morgan fingerprint density at radius 3 is 2.00 bits per heavy atom. The number of hydrogen-bond donors (Lipinski definition) is 1. The summed E-state index contributed by atoms with van der Waals surface area (Å²) < 4.78 is 22.3. The SMILES string of the molecule is CC1(C)CC(O)CC(C)(C)N1OCS(C)(=O)=O. The average Bonchev–Trinajstić information content (AvgIpc) is 1.94. The van der Waals surface area contributed by atoms with Gasteiger partial charge in [-0.25, -0.2) is 8.42 Å². The molecule has 0 unspecified atom stereocenters. The van der Waals surface area contributed by atoms with Crippen molar-refractivity contribution in [2.45, 2.75) is 57.7 Å². The molecule has 1 aliphatic rings. The van der Waals surface area contributed by atoms with Crippen LogP contribution in [0.3, 0.4) is 0 Å². The fraction of sp³-hybridized carbons (Fsp3) is 1.00. The zero-order chi connectivity index (χ0) is 13.5. The maximum absolute atomic E-state index is 11.2. The lowest BCUT2D eigenvalue weighted by Gasteiger charge is -2.52. The molecule has 17 heavy (non-hydrogen) atoms. The lowest BCUT2D eigenvalue weighted by atomic mass is 9.80. The second-order valence-corrected chi connectivity index (χ2v) is 8.24. The molecule has 1 heterocycles. The number of nitrogens with zero attached hydrogens (tertiary/aromatic N) is 1. The van der Waals surface area contributed by atoms with Crippen molar-refractivity contribution in [3.63, 3.8) is 0 Å². The van der Waals surface area contributed by atoms with Crippen LogP contribution in [0, 0.1) is 0 Å². The van der Waals surface area contributed by atoms with E-state index in [0.29, 0.717) is 12.8 Å². The van der Waals surface area contributed by atoms with Crippen LogP contribution in [0.15, 0.2) is 0 Å². The number of sulfone groups is 1. The van der Waals surface area contributed by atoms with Crippen molar-refractivity contribution in [3.05, 3.63) is 0 Å². The number of piperidine rings is 1. The lowest BCUT2D eigenvalue weighted by Crippen LogP contribution is -2.61. The highest BCUT2D eigenvalue weighted by atomic mass is 32.2. The van der Waals surface area contributed by atoms with Crippen LogP contribution in [0.1, 0.15) is 40.5 Å². The van der Waals surface area contributed by atoms with Gasteiger partial charge in [-0.3, -0.25) is 4.84 Å². The lowest BCUT2D eigenvalue weighted by molar-refractivity contribution is -0.281. The zero-order valence-corrected chi connectivity index (χ0v) is 12.0. The monoisotopic (exact) mass is 265 g/mol. The molecule has 0 spiro atoms. The van der Waals surface area contributed by atoms with Crippen molar-refractivity contribution in [2.75, 3.05) is 12.2 Å². The van der Waals surface area contributed by atoms with E-state index in [1.807, 2.05) is 27.7 Å². The molecule has 5 nitrogen and oxygen atoms in total. The van der Waals surface area contributed by atoms with Crippen molar-refractivity contribution in [2.24, 2.45) is 0 Å². The molecular formula is C11H23NO4S. The number of aliphatic hydroxyl groups excluding tert-OH is 1. The zero-order valence-electron chi connectivity index (χ0n) is 11.2. The molecule has 1 aliphatic heterocycles. The molecule has 1 rings (SSSR count). The van der Waals surface area contributed by atoms with Gasteiger partial charge in [-0.2, -0.15) is 5.06 Å². The molecule has 1 fully saturated rings. The average molecular weight is 265 g/mol. The summed E-state index contributed by atoms with van der Waals surface area (Å²) in [4.78, 5) is 5.46. The summed E-state index contributed by atoms with van der Waals surface area (Å²) in [6.45, 7) is 7.78. The summed E-state index contributed by atoms with van der Waals surface area (Å²) in [5.74, 6) is -0.323. The molecule has 0 aromatic heterocycles. The van der Waals surface area contributed by atoms with Crippen LogP contribution in [-0.4, -0.2) is 48.0 Å². The van der Waals surface area contributed by atoms with Gasteiger partial charge in [-0.15, -0.1) is 0 Å². The molecule has 0 atom stereocenters. The highest BCUT2D eigenvalue weighted by Crippen LogP contribution is 2.38. The Morgan fingerprint density at radius 2 is 1.65 bits per heavy atom. The van der Waals surface area contributed by atoms with Gasteiger partial charge in [0.05, 0.1) is 6.10 Å². The van der Waals surface area contributed by atoms with E-state index in [1.165, 1.54) is 0 Å². The fourth-order valence-corrected chi connectivity index (χ4v) is 3.01. The maximum Gasteiger partial charge on any atom is 0.173 e. The second-order valence-electron chi connectivity index (χ2n) is 6.15. The van der Waals surface area contributed by atoms with Gasteiger partial charge in [0.25, 0.3) is 0 Å². The Bertz CT molecular complexity index is 357. The van der Waals surface area contributed by atoms with Crippen molar-refractivity contribution in [1.29, 1.82) is 0 Å². The van der Waals surface area contributed by atoms with Gasteiger partial charge in [0.1, 0.15) is 0 Å². The van der Waals surface area contributed by atoms with E-state index in [2.05, 4.69) is 0 Å². The predicted molar refractivity (Wildman–Crippen MR) is 66.0 cm³/mol. The topological polar surface area (TPSA) is 66.8 Å². The predicted octanol–water partition coefficient (Wildman–Crippen LogP) is 0.934. The summed E-state index contributed by atoms with van der Waals surface area (Å²) >= 11 is 0. The Hall–Kier alpha value is -0.170. The molecule has 0 amide bonds. The first-order chi connectivity index (χ1) is 7.44. The third kappa shape index (κ3) is 3.91. The van der Waals surface area contributed by atoms with E-state index in [-0.39, 0.29) is 23.1 Å². The molecule has 0 saturated carbocycles. The number of hydroxylamine groups is 2. The molecule has 1 saturated heterocycles. The third-order valence-corrected chi connectivity index (χ3v) is 3.50. The van der Waals surface area contributed by atoms with Gasteiger partial charge >= 0.3 is 0 Å². The van der Waals surface area contributed by atoms with E-state index < -0.39 is 9.84 Å². The molecule has 0 aliphatic carbocycles. The van der Waals surface area contributed by atoms with Crippen LogP contribution in [0.2, 0.25) is 0 Å². The van der Waals surface area contributed by atoms with Gasteiger partial charge in [-0.05, 0) is 40.5 Å². The van der Waals surface area contributed by atoms with Gasteiger partial charge in [0.2, 0.25) is 0 Å². The summed E-state index contributed by atoms with van der Waals surface area (Å²) in [6, 6.07) is 0. The molecule has 0 aromatic carbocycles. The Labute approximate surface area is 104 Å². The van der Waals surface area contributed by atoms with E-state index in [4.69, 9.17) is 4.84 Å². The molecule has 0 bridgehead atoms. The van der Waals surface area contributed by atoms with Crippen LogP contribution in [0.25, 0.3) is 0 Å². The third-order valence-electron chi connectivity index (χ3n) is 2.97. The van der Waals surface area contributed by atoms with Gasteiger partial charge in [0, 0.05) is 17.3 Å². The molecule has 0 radical (unpaired) electrons. The van der Waals surface area contributed by atoms with E-state index in [9.17, 15) is 13.5 Å². The summed E-state index contributed by atoms with van der Waals surface area (Å²) in [5.41, 5.74) is -0.766. The molecule has 6 heteroatoms. The van der Waals surface area contributed by atoms with Gasteiger partial charge in [0.15, 0.2) is 15.8 Å². The number of aliphatic hydroxyl groups is 1. The maximum atomic E-state index is 11.2. The highest BCUT2D eigenvalue weighted by molar-refractivity contribution is 7.90. The highest BCUT2D eigenvalue weighted by Gasteiger charge is 2.46. The van der Waals surface area contributed by atoms with Crippen molar-refractivity contribution in [3.8, 4) is 0 Å². The van der Waals surface area contributed by atoms with Crippen LogP contribution in [0.4, 0.5) is 0 Å². The molecular weight excluding hydrogens is 242 g/mol. The van der Waals surface area contributed by atoms with Crippen LogP contribution in [0.5, 0.6) is 0 Å². The van der Waals surface area contributed by atoms with Gasteiger partial charge in [-0.1, -0.05) is 0 Å². The number of hydrogen-bond acceptors (Lipinski definition) is 5. The second kappa shape index (κ2) is 4.50. The Morgan fingerprint density at radius 1 is 1.24 bits per heavy atom. The van der Waals surface area contributed by atoms with Crippen molar-refractivity contribution >= 4 is 9.84 Å². The number of rotatable bonds is 3. The quantitative estimate of drug-likeness (QED) is 0.822. The van der Waals surface area contributed by atoms with E-state index >= 15 is 0 Å². The largest absolute Gasteiger partial charge is 0.393 e. The summed E-state index contributed by atoms with van der Waals surface area (Å²) in [5, 5.41) is 11.5. The normalized spacial score (nSPS) is 26.0. The molecule has 0 aromatic rings. The Balaban J connectivity index is 2.86.